The Balaban J connectivity index is 1.75. The number of carboxylic acid groups (broad SMARTS) is 1. The molecule has 2 atom stereocenters. The maximum Gasteiger partial charge on any atom is 0.335 e. The highest BCUT2D eigenvalue weighted by Gasteiger charge is 2.32. The molecular weight excluding hydrogens is 386 g/mol. The first-order valence-electron chi connectivity index (χ1n) is 10.7. The third-order valence-corrected chi connectivity index (χ3v) is 6.20. The van der Waals surface area contributed by atoms with Crippen molar-refractivity contribution in [2.75, 3.05) is 4.90 Å². The Morgan fingerprint density at radius 2 is 1.61 bits per heavy atom. The number of benzene rings is 3. The summed E-state index contributed by atoms with van der Waals surface area (Å²) in [5.41, 5.74) is 6.97. The molecule has 4 rings (SSSR count). The summed E-state index contributed by atoms with van der Waals surface area (Å²) < 4.78 is 0. The van der Waals surface area contributed by atoms with Crippen LogP contribution in [-0.2, 0) is 11.2 Å². The van der Waals surface area contributed by atoms with E-state index >= 15 is 0 Å². The predicted octanol–water partition coefficient (Wildman–Crippen LogP) is 5.83. The minimum absolute atomic E-state index is 0.0566. The highest BCUT2D eigenvalue weighted by molar-refractivity contribution is 5.94. The highest BCUT2D eigenvalue weighted by atomic mass is 16.4. The highest BCUT2D eigenvalue weighted by Crippen LogP contribution is 2.42. The van der Waals surface area contributed by atoms with E-state index in [0.717, 1.165) is 29.7 Å². The SMILES string of the molecule is CC(=O)N1c2ccc(-c3ccc(C(=O)O)cc3)cc2C(Cc2ccc(C)cc2)CC1C. The number of aryl methyl sites for hydroxylation is 1. The van der Waals surface area contributed by atoms with Crippen molar-refractivity contribution in [3.05, 3.63) is 89.0 Å². The van der Waals surface area contributed by atoms with Crippen LogP contribution < -0.4 is 4.90 Å². The van der Waals surface area contributed by atoms with Gasteiger partial charge in [-0.25, -0.2) is 4.79 Å². The fraction of sp³-hybridized carbons (Fsp3) is 0.259. The summed E-state index contributed by atoms with van der Waals surface area (Å²) in [6.45, 7) is 5.83. The number of fused-ring (bicyclic) bond motifs is 1. The summed E-state index contributed by atoms with van der Waals surface area (Å²) in [6.07, 6.45) is 1.83. The molecule has 3 aromatic rings. The second kappa shape index (κ2) is 8.38. The topological polar surface area (TPSA) is 57.6 Å². The van der Waals surface area contributed by atoms with E-state index in [1.807, 2.05) is 29.2 Å². The van der Waals surface area contributed by atoms with Gasteiger partial charge in [-0.15, -0.1) is 0 Å². The van der Waals surface area contributed by atoms with Crippen LogP contribution in [0, 0.1) is 6.92 Å². The minimum Gasteiger partial charge on any atom is -0.478 e. The monoisotopic (exact) mass is 413 g/mol. The lowest BCUT2D eigenvalue weighted by Gasteiger charge is -2.39. The molecule has 1 aliphatic heterocycles. The van der Waals surface area contributed by atoms with Crippen LogP contribution in [0.4, 0.5) is 5.69 Å². The summed E-state index contributed by atoms with van der Waals surface area (Å²) in [5, 5.41) is 9.16. The molecule has 0 spiro atoms. The van der Waals surface area contributed by atoms with Crippen LogP contribution in [0.15, 0.2) is 66.7 Å². The molecule has 1 heterocycles. The Hall–Kier alpha value is -3.40. The van der Waals surface area contributed by atoms with Crippen LogP contribution in [0.25, 0.3) is 11.1 Å². The number of hydrogen-bond donors (Lipinski definition) is 1. The van der Waals surface area contributed by atoms with Crippen molar-refractivity contribution in [2.45, 2.75) is 45.6 Å². The Labute approximate surface area is 183 Å². The first kappa shape index (κ1) is 20.9. The number of aromatic carboxylic acids is 1. The lowest BCUT2D eigenvalue weighted by Crippen LogP contribution is -2.42. The quantitative estimate of drug-likeness (QED) is 0.585. The fourth-order valence-corrected chi connectivity index (χ4v) is 4.65. The van der Waals surface area contributed by atoms with E-state index in [1.54, 1.807) is 19.1 Å². The molecule has 1 amide bonds. The molecule has 0 bridgehead atoms. The Bertz CT molecular complexity index is 1120. The maximum atomic E-state index is 12.4. The van der Waals surface area contributed by atoms with Gasteiger partial charge in [-0.3, -0.25) is 4.79 Å². The number of nitrogens with zero attached hydrogens (tertiary/aromatic N) is 1. The molecule has 1 aliphatic rings. The molecule has 0 aromatic heterocycles. The molecule has 0 saturated heterocycles. The van der Waals surface area contributed by atoms with Crippen molar-refractivity contribution >= 4 is 17.6 Å². The van der Waals surface area contributed by atoms with E-state index in [4.69, 9.17) is 5.11 Å². The zero-order valence-corrected chi connectivity index (χ0v) is 18.1. The van der Waals surface area contributed by atoms with E-state index in [0.29, 0.717) is 5.92 Å². The normalized spacial score (nSPS) is 17.8. The molecule has 0 fully saturated rings. The van der Waals surface area contributed by atoms with Gasteiger partial charge < -0.3 is 10.0 Å². The summed E-state index contributed by atoms with van der Waals surface area (Å²) in [4.78, 5) is 25.5. The van der Waals surface area contributed by atoms with Crippen molar-refractivity contribution in [1.82, 2.24) is 0 Å². The number of anilines is 1. The van der Waals surface area contributed by atoms with Crippen LogP contribution in [0.1, 0.15) is 53.2 Å². The smallest absolute Gasteiger partial charge is 0.335 e. The molecule has 3 aromatic carbocycles. The van der Waals surface area contributed by atoms with Crippen molar-refractivity contribution < 1.29 is 14.7 Å². The molecule has 1 N–H and O–H groups in total. The van der Waals surface area contributed by atoms with E-state index < -0.39 is 5.97 Å². The second-order valence-electron chi connectivity index (χ2n) is 8.52. The number of amides is 1. The number of rotatable bonds is 4. The molecule has 158 valence electrons. The molecule has 0 aliphatic carbocycles. The van der Waals surface area contributed by atoms with E-state index in [1.165, 1.54) is 16.7 Å². The van der Waals surface area contributed by atoms with Gasteiger partial charge in [-0.1, -0.05) is 48.0 Å². The van der Waals surface area contributed by atoms with Gasteiger partial charge in [-0.05, 0) is 79.1 Å². The molecule has 31 heavy (non-hydrogen) atoms. The van der Waals surface area contributed by atoms with Gasteiger partial charge >= 0.3 is 5.97 Å². The first-order valence-corrected chi connectivity index (χ1v) is 10.7. The molecule has 2 unspecified atom stereocenters. The third kappa shape index (κ3) is 4.24. The zero-order valence-electron chi connectivity index (χ0n) is 18.1. The fourth-order valence-electron chi connectivity index (χ4n) is 4.65. The standard InChI is InChI=1S/C27H27NO3/c1-17-4-6-20(7-5-17)15-24-14-18(2)28(19(3)29)26-13-12-23(16-25(24)26)21-8-10-22(11-9-21)27(30)31/h4-13,16,18,24H,14-15H2,1-3H3,(H,30,31). The van der Waals surface area contributed by atoms with Gasteiger partial charge in [0.25, 0.3) is 0 Å². The predicted molar refractivity (Wildman–Crippen MR) is 124 cm³/mol. The average Bonchev–Trinajstić information content (AvgIpc) is 2.75. The third-order valence-electron chi connectivity index (χ3n) is 6.20. The molecular formula is C27H27NO3. The Morgan fingerprint density at radius 1 is 0.968 bits per heavy atom. The van der Waals surface area contributed by atoms with Crippen molar-refractivity contribution in [2.24, 2.45) is 0 Å². The number of carbonyl (C=O) groups excluding carboxylic acids is 1. The van der Waals surface area contributed by atoms with E-state index in [2.05, 4.69) is 44.2 Å². The van der Waals surface area contributed by atoms with E-state index in [9.17, 15) is 9.59 Å². The molecule has 4 nitrogen and oxygen atoms in total. The Morgan fingerprint density at radius 3 is 2.23 bits per heavy atom. The lowest BCUT2D eigenvalue weighted by molar-refractivity contribution is -0.117. The minimum atomic E-state index is -0.929. The second-order valence-corrected chi connectivity index (χ2v) is 8.52. The largest absolute Gasteiger partial charge is 0.478 e. The maximum absolute atomic E-state index is 12.4. The van der Waals surface area contributed by atoms with Crippen LogP contribution in [-0.4, -0.2) is 23.0 Å². The van der Waals surface area contributed by atoms with Gasteiger partial charge in [0.05, 0.1) is 5.56 Å². The average molecular weight is 414 g/mol. The molecule has 0 saturated carbocycles. The van der Waals surface area contributed by atoms with Gasteiger partial charge in [0.1, 0.15) is 0 Å². The van der Waals surface area contributed by atoms with Gasteiger partial charge in [0, 0.05) is 18.7 Å². The molecule has 4 heteroatoms. The lowest BCUT2D eigenvalue weighted by atomic mass is 9.81. The summed E-state index contributed by atoms with van der Waals surface area (Å²) >= 11 is 0. The number of hydrogen-bond acceptors (Lipinski definition) is 2. The van der Waals surface area contributed by atoms with Gasteiger partial charge in [0.15, 0.2) is 0 Å². The van der Waals surface area contributed by atoms with Gasteiger partial charge in [0.2, 0.25) is 5.91 Å². The van der Waals surface area contributed by atoms with Gasteiger partial charge in [-0.2, -0.15) is 0 Å². The number of carboxylic acids is 1. The first-order chi connectivity index (χ1) is 14.8. The van der Waals surface area contributed by atoms with Crippen LogP contribution >= 0.6 is 0 Å². The summed E-state index contributed by atoms with van der Waals surface area (Å²) in [5.74, 6) is -0.566. The van der Waals surface area contributed by atoms with Crippen LogP contribution in [0.5, 0.6) is 0 Å². The van der Waals surface area contributed by atoms with Crippen molar-refractivity contribution in [3.8, 4) is 11.1 Å². The van der Waals surface area contributed by atoms with Crippen molar-refractivity contribution in [1.29, 1.82) is 0 Å². The summed E-state index contributed by atoms with van der Waals surface area (Å²) in [7, 11) is 0. The van der Waals surface area contributed by atoms with Crippen molar-refractivity contribution in [3.63, 3.8) is 0 Å². The Kier molecular flexibility index (Phi) is 5.64. The number of carbonyl (C=O) groups is 2. The van der Waals surface area contributed by atoms with Crippen LogP contribution in [0.2, 0.25) is 0 Å². The van der Waals surface area contributed by atoms with E-state index in [-0.39, 0.29) is 17.5 Å². The summed E-state index contributed by atoms with van der Waals surface area (Å²) in [6, 6.07) is 22.0. The zero-order chi connectivity index (χ0) is 22.1. The molecule has 0 radical (unpaired) electrons. The van der Waals surface area contributed by atoms with Crippen LogP contribution in [0.3, 0.4) is 0 Å².